The fraction of sp³-hybridized carbons (Fsp3) is 0.923. The summed E-state index contributed by atoms with van der Waals surface area (Å²) in [6.07, 6.45) is 5.18. The fourth-order valence-corrected chi connectivity index (χ4v) is 2.60. The van der Waals surface area contributed by atoms with Gasteiger partial charge in [-0.25, -0.2) is 0 Å². The number of nitrogens with zero attached hydrogens (tertiary/aromatic N) is 1. The molecular weight excluding hydrogens is 216 g/mol. The molecule has 0 aromatic heterocycles. The molecule has 4 nitrogen and oxygen atoms in total. The molecule has 0 bridgehead atoms. The van der Waals surface area contributed by atoms with Crippen LogP contribution in [0.1, 0.15) is 39.0 Å². The highest BCUT2D eigenvalue weighted by molar-refractivity contribution is 5.79. The number of aliphatic carboxylic acids is 1. The van der Waals surface area contributed by atoms with Gasteiger partial charge in [0.2, 0.25) is 0 Å². The number of hydrogen-bond acceptors (Lipinski definition) is 3. The fourth-order valence-electron chi connectivity index (χ4n) is 2.60. The summed E-state index contributed by atoms with van der Waals surface area (Å²) in [5.41, 5.74) is -0.646. The SMILES string of the molecule is CCCN1CCC(NCC2CC2)(C(=O)O)CC1. The average Bonchev–Trinajstić information content (AvgIpc) is 3.12. The van der Waals surface area contributed by atoms with Crippen LogP contribution in [0.2, 0.25) is 0 Å². The molecule has 0 aromatic carbocycles. The molecule has 0 amide bonds. The van der Waals surface area contributed by atoms with Gasteiger partial charge in [0.15, 0.2) is 0 Å². The number of likely N-dealkylation sites (tertiary alicyclic amines) is 1. The third-order valence-electron chi connectivity index (χ3n) is 4.08. The molecule has 98 valence electrons. The van der Waals surface area contributed by atoms with Crippen molar-refractivity contribution >= 4 is 5.97 Å². The van der Waals surface area contributed by atoms with E-state index in [9.17, 15) is 9.90 Å². The van der Waals surface area contributed by atoms with E-state index in [1.54, 1.807) is 0 Å². The Morgan fingerprint density at radius 3 is 2.53 bits per heavy atom. The molecule has 1 aliphatic carbocycles. The van der Waals surface area contributed by atoms with Crippen molar-refractivity contribution in [1.29, 1.82) is 0 Å². The van der Waals surface area contributed by atoms with Crippen molar-refractivity contribution in [2.24, 2.45) is 5.92 Å². The summed E-state index contributed by atoms with van der Waals surface area (Å²) in [6.45, 7) is 5.98. The van der Waals surface area contributed by atoms with E-state index < -0.39 is 11.5 Å². The maximum absolute atomic E-state index is 11.5. The largest absolute Gasteiger partial charge is 0.480 e. The minimum absolute atomic E-state index is 0.646. The molecule has 1 saturated carbocycles. The van der Waals surface area contributed by atoms with E-state index in [1.807, 2.05) is 0 Å². The van der Waals surface area contributed by atoms with Gasteiger partial charge in [0.1, 0.15) is 5.54 Å². The standard InChI is InChI=1S/C13H24N2O2/c1-2-7-15-8-5-13(6-9-15,12(16)17)14-10-11-3-4-11/h11,14H,2-10H2,1H3,(H,16,17). The summed E-state index contributed by atoms with van der Waals surface area (Å²) in [4.78, 5) is 13.9. The lowest BCUT2D eigenvalue weighted by Gasteiger charge is -2.39. The number of hydrogen-bond donors (Lipinski definition) is 2. The van der Waals surface area contributed by atoms with Gasteiger partial charge in [-0.05, 0) is 51.1 Å². The predicted octanol–water partition coefficient (Wildman–Crippen LogP) is 1.32. The molecule has 4 heteroatoms. The Bertz CT molecular complexity index is 269. The van der Waals surface area contributed by atoms with Crippen molar-refractivity contribution in [3.63, 3.8) is 0 Å². The van der Waals surface area contributed by atoms with Crippen LogP contribution in [0.5, 0.6) is 0 Å². The van der Waals surface area contributed by atoms with E-state index >= 15 is 0 Å². The first-order chi connectivity index (χ1) is 8.16. The van der Waals surface area contributed by atoms with Gasteiger partial charge in [-0.2, -0.15) is 0 Å². The number of carbonyl (C=O) groups is 1. The minimum Gasteiger partial charge on any atom is -0.480 e. The zero-order valence-corrected chi connectivity index (χ0v) is 10.7. The number of carboxylic acids is 1. The second kappa shape index (κ2) is 5.36. The molecular formula is C13H24N2O2. The molecule has 2 fully saturated rings. The third kappa shape index (κ3) is 3.19. The van der Waals surface area contributed by atoms with Gasteiger partial charge in [-0.1, -0.05) is 6.92 Å². The van der Waals surface area contributed by atoms with Crippen LogP contribution in [0.15, 0.2) is 0 Å². The van der Waals surface area contributed by atoms with E-state index in [-0.39, 0.29) is 0 Å². The predicted molar refractivity (Wildman–Crippen MR) is 67.1 cm³/mol. The van der Waals surface area contributed by atoms with Crippen molar-refractivity contribution in [2.45, 2.75) is 44.6 Å². The topological polar surface area (TPSA) is 52.6 Å². The zero-order chi connectivity index (χ0) is 12.3. The highest BCUT2D eigenvalue weighted by Crippen LogP contribution is 2.30. The zero-order valence-electron chi connectivity index (χ0n) is 10.7. The molecule has 1 heterocycles. The molecule has 0 radical (unpaired) electrons. The quantitative estimate of drug-likeness (QED) is 0.735. The maximum atomic E-state index is 11.5. The lowest BCUT2D eigenvalue weighted by atomic mass is 9.87. The Balaban J connectivity index is 1.87. The Labute approximate surface area is 103 Å². The van der Waals surface area contributed by atoms with E-state index in [0.717, 1.165) is 51.4 Å². The maximum Gasteiger partial charge on any atom is 0.323 e. The molecule has 0 unspecified atom stereocenters. The van der Waals surface area contributed by atoms with Crippen LogP contribution in [0, 0.1) is 5.92 Å². The van der Waals surface area contributed by atoms with Gasteiger partial charge in [-0.3, -0.25) is 4.79 Å². The van der Waals surface area contributed by atoms with Gasteiger partial charge in [0.05, 0.1) is 0 Å². The first-order valence-electron chi connectivity index (χ1n) is 6.87. The molecule has 0 spiro atoms. The van der Waals surface area contributed by atoms with E-state index in [0.29, 0.717) is 0 Å². The van der Waals surface area contributed by atoms with Crippen molar-refractivity contribution < 1.29 is 9.90 Å². The summed E-state index contributed by atoms with van der Waals surface area (Å²) in [7, 11) is 0. The Morgan fingerprint density at radius 1 is 1.41 bits per heavy atom. The van der Waals surface area contributed by atoms with Gasteiger partial charge in [0.25, 0.3) is 0 Å². The van der Waals surface area contributed by atoms with Crippen molar-refractivity contribution in [2.75, 3.05) is 26.2 Å². The smallest absolute Gasteiger partial charge is 0.323 e. The van der Waals surface area contributed by atoms with Gasteiger partial charge in [0, 0.05) is 13.1 Å². The molecule has 1 aliphatic heterocycles. The summed E-state index contributed by atoms with van der Waals surface area (Å²) in [5.74, 6) is 0.0780. The molecule has 17 heavy (non-hydrogen) atoms. The van der Waals surface area contributed by atoms with Crippen molar-refractivity contribution in [1.82, 2.24) is 10.2 Å². The number of rotatable bonds is 6. The lowest BCUT2D eigenvalue weighted by Crippen LogP contribution is -2.58. The number of nitrogens with one attached hydrogen (secondary N) is 1. The summed E-state index contributed by atoms with van der Waals surface area (Å²) in [6, 6.07) is 0. The number of piperidine rings is 1. The van der Waals surface area contributed by atoms with Crippen molar-refractivity contribution in [3.8, 4) is 0 Å². The van der Waals surface area contributed by atoms with Gasteiger partial charge < -0.3 is 15.3 Å². The highest BCUT2D eigenvalue weighted by Gasteiger charge is 2.41. The van der Waals surface area contributed by atoms with Crippen LogP contribution in [0.4, 0.5) is 0 Å². The van der Waals surface area contributed by atoms with Crippen LogP contribution >= 0.6 is 0 Å². The summed E-state index contributed by atoms with van der Waals surface area (Å²) >= 11 is 0. The van der Waals surface area contributed by atoms with E-state index in [2.05, 4.69) is 17.1 Å². The highest BCUT2D eigenvalue weighted by atomic mass is 16.4. The van der Waals surface area contributed by atoms with Crippen LogP contribution < -0.4 is 5.32 Å². The Kier molecular flexibility index (Phi) is 4.05. The van der Waals surface area contributed by atoms with Crippen LogP contribution in [-0.4, -0.2) is 47.7 Å². The van der Waals surface area contributed by atoms with Gasteiger partial charge in [-0.15, -0.1) is 0 Å². The van der Waals surface area contributed by atoms with Crippen LogP contribution in [0.3, 0.4) is 0 Å². The molecule has 1 saturated heterocycles. The second-order valence-corrected chi connectivity index (χ2v) is 5.55. The molecule has 0 atom stereocenters. The number of carboxylic acid groups (broad SMARTS) is 1. The van der Waals surface area contributed by atoms with Crippen LogP contribution in [0.25, 0.3) is 0 Å². The summed E-state index contributed by atoms with van der Waals surface area (Å²) < 4.78 is 0. The van der Waals surface area contributed by atoms with E-state index in [4.69, 9.17) is 0 Å². The first-order valence-corrected chi connectivity index (χ1v) is 6.87. The first kappa shape index (κ1) is 12.8. The summed E-state index contributed by atoms with van der Waals surface area (Å²) in [5, 5.41) is 12.8. The Morgan fingerprint density at radius 2 is 2.06 bits per heavy atom. The monoisotopic (exact) mass is 240 g/mol. The minimum atomic E-state index is -0.658. The molecule has 2 aliphatic rings. The average molecular weight is 240 g/mol. The molecule has 0 aromatic rings. The van der Waals surface area contributed by atoms with Gasteiger partial charge >= 0.3 is 5.97 Å². The lowest BCUT2D eigenvalue weighted by molar-refractivity contribution is -0.147. The normalized spacial score (nSPS) is 24.8. The van der Waals surface area contributed by atoms with Crippen LogP contribution in [-0.2, 0) is 4.79 Å². The Hall–Kier alpha value is -0.610. The van der Waals surface area contributed by atoms with Crippen molar-refractivity contribution in [3.05, 3.63) is 0 Å². The molecule has 2 N–H and O–H groups in total. The second-order valence-electron chi connectivity index (χ2n) is 5.55. The molecule has 2 rings (SSSR count). The van der Waals surface area contributed by atoms with E-state index in [1.165, 1.54) is 12.8 Å². The third-order valence-corrected chi connectivity index (χ3v) is 4.08.